The zero-order valence-corrected chi connectivity index (χ0v) is 14.4. The van der Waals surface area contributed by atoms with Gasteiger partial charge >= 0.3 is 0 Å². The summed E-state index contributed by atoms with van der Waals surface area (Å²) in [6.07, 6.45) is 3.01. The Labute approximate surface area is 137 Å². The highest BCUT2D eigenvalue weighted by Gasteiger charge is 2.05. The molecule has 1 aromatic carbocycles. The molecule has 1 aromatic rings. The fourth-order valence-electron chi connectivity index (χ4n) is 1.84. The van der Waals surface area contributed by atoms with E-state index in [-0.39, 0.29) is 5.91 Å². The first-order valence-corrected chi connectivity index (χ1v) is 8.91. The van der Waals surface area contributed by atoms with Crippen molar-refractivity contribution in [2.45, 2.75) is 19.9 Å². The number of carbonyl (C=O) groups excluding carboxylic acids is 1. The average molecular weight is 322 g/mol. The highest BCUT2D eigenvalue weighted by atomic mass is 32.2. The molecule has 6 heteroatoms. The molecule has 0 aromatic heterocycles. The third-order valence-corrected chi connectivity index (χ3v) is 3.62. The zero-order valence-electron chi connectivity index (χ0n) is 13.6. The van der Waals surface area contributed by atoms with E-state index in [9.17, 15) is 4.79 Å². The van der Waals surface area contributed by atoms with Crippen LogP contribution in [0.5, 0.6) is 0 Å². The minimum absolute atomic E-state index is 0.0221. The predicted octanol–water partition coefficient (Wildman–Crippen LogP) is 1.85. The quantitative estimate of drug-likeness (QED) is 0.388. The minimum atomic E-state index is -0.0221. The predicted molar refractivity (Wildman–Crippen MR) is 95.6 cm³/mol. The summed E-state index contributed by atoms with van der Waals surface area (Å²) in [6.45, 7) is 4.25. The van der Waals surface area contributed by atoms with E-state index in [0.717, 1.165) is 30.2 Å². The summed E-state index contributed by atoms with van der Waals surface area (Å²) >= 11 is 1.79. The van der Waals surface area contributed by atoms with Crippen LogP contribution >= 0.6 is 11.8 Å². The van der Waals surface area contributed by atoms with E-state index < -0.39 is 0 Å². The second kappa shape index (κ2) is 11.0. The average Bonchev–Trinajstić information content (AvgIpc) is 2.56. The molecule has 1 amide bonds. The van der Waals surface area contributed by atoms with Gasteiger partial charge in [-0.15, -0.1) is 0 Å². The molecule has 22 heavy (non-hydrogen) atoms. The second-order valence-electron chi connectivity index (χ2n) is 4.80. The van der Waals surface area contributed by atoms with Crippen LogP contribution in [0.1, 0.15) is 29.3 Å². The lowest BCUT2D eigenvalue weighted by atomic mass is 10.1. The van der Waals surface area contributed by atoms with Crippen molar-refractivity contribution in [1.29, 1.82) is 0 Å². The number of benzene rings is 1. The van der Waals surface area contributed by atoms with E-state index in [4.69, 9.17) is 0 Å². The largest absolute Gasteiger partial charge is 0.356 e. The Balaban J connectivity index is 2.53. The molecule has 0 fully saturated rings. The lowest BCUT2D eigenvalue weighted by molar-refractivity contribution is 0.0953. The van der Waals surface area contributed by atoms with E-state index in [1.165, 1.54) is 0 Å². The van der Waals surface area contributed by atoms with Gasteiger partial charge in [0.1, 0.15) is 0 Å². The molecule has 122 valence electrons. The van der Waals surface area contributed by atoms with Crippen molar-refractivity contribution in [3.8, 4) is 0 Å². The molecule has 0 saturated heterocycles. The van der Waals surface area contributed by atoms with Crippen LogP contribution in [0.15, 0.2) is 29.3 Å². The lowest BCUT2D eigenvalue weighted by Gasteiger charge is -2.12. The van der Waals surface area contributed by atoms with E-state index in [1.54, 1.807) is 18.8 Å². The van der Waals surface area contributed by atoms with Crippen molar-refractivity contribution in [2.24, 2.45) is 4.99 Å². The minimum Gasteiger partial charge on any atom is -0.356 e. The van der Waals surface area contributed by atoms with Crippen LogP contribution in [0.25, 0.3) is 0 Å². The lowest BCUT2D eigenvalue weighted by Crippen LogP contribution is -2.38. The van der Waals surface area contributed by atoms with Crippen molar-refractivity contribution < 1.29 is 4.79 Å². The normalized spacial score (nSPS) is 11.1. The van der Waals surface area contributed by atoms with Crippen molar-refractivity contribution in [2.75, 3.05) is 32.1 Å². The molecule has 0 saturated carbocycles. The van der Waals surface area contributed by atoms with Crippen LogP contribution in [0, 0.1) is 0 Å². The van der Waals surface area contributed by atoms with Gasteiger partial charge in [0, 0.05) is 38.0 Å². The van der Waals surface area contributed by atoms with Crippen molar-refractivity contribution in [1.82, 2.24) is 16.0 Å². The fourth-order valence-corrected chi connectivity index (χ4v) is 2.15. The standard InChI is InChI=1S/C16H26N4OS/c1-4-8-18-15(21)14-7-5-6-13(11-14)12-20-16(17-2)19-9-10-22-3/h5-7,11H,4,8-10,12H2,1-3H3,(H,18,21)(H2,17,19,20). The Morgan fingerprint density at radius 2 is 2.05 bits per heavy atom. The molecule has 0 bridgehead atoms. The number of nitrogens with one attached hydrogen (secondary N) is 3. The summed E-state index contributed by atoms with van der Waals surface area (Å²) < 4.78 is 0. The van der Waals surface area contributed by atoms with Crippen LogP contribution < -0.4 is 16.0 Å². The van der Waals surface area contributed by atoms with Gasteiger partial charge in [0.25, 0.3) is 5.91 Å². The molecule has 0 spiro atoms. The van der Waals surface area contributed by atoms with E-state index >= 15 is 0 Å². The molecule has 0 heterocycles. The van der Waals surface area contributed by atoms with E-state index in [2.05, 4.69) is 27.2 Å². The van der Waals surface area contributed by atoms with Crippen LogP contribution in [0.3, 0.4) is 0 Å². The molecule has 0 aliphatic rings. The van der Waals surface area contributed by atoms with Crippen LogP contribution in [0.4, 0.5) is 0 Å². The van der Waals surface area contributed by atoms with Crippen LogP contribution in [-0.4, -0.2) is 44.0 Å². The first-order valence-electron chi connectivity index (χ1n) is 7.51. The Morgan fingerprint density at radius 3 is 2.73 bits per heavy atom. The number of nitrogens with zero attached hydrogens (tertiary/aromatic N) is 1. The van der Waals surface area contributed by atoms with Crippen LogP contribution in [0.2, 0.25) is 0 Å². The number of carbonyl (C=O) groups is 1. The van der Waals surface area contributed by atoms with Crippen molar-refractivity contribution >= 4 is 23.6 Å². The summed E-state index contributed by atoms with van der Waals surface area (Å²) in [4.78, 5) is 16.1. The van der Waals surface area contributed by atoms with Crippen molar-refractivity contribution in [3.63, 3.8) is 0 Å². The Bertz CT molecular complexity index is 491. The molecule has 1 rings (SSSR count). The number of aliphatic imine (C=N–C) groups is 1. The van der Waals surface area contributed by atoms with Gasteiger partial charge in [0.2, 0.25) is 0 Å². The number of guanidine groups is 1. The van der Waals surface area contributed by atoms with Gasteiger partial charge in [0.15, 0.2) is 5.96 Å². The van der Waals surface area contributed by atoms with Gasteiger partial charge in [0.05, 0.1) is 0 Å². The summed E-state index contributed by atoms with van der Waals surface area (Å²) in [5.74, 6) is 1.79. The van der Waals surface area contributed by atoms with E-state index in [1.807, 2.05) is 31.2 Å². The highest BCUT2D eigenvalue weighted by molar-refractivity contribution is 7.98. The number of thioether (sulfide) groups is 1. The molecule has 5 nitrogen and oxygen atoms in total. The smallest absolute Gasteiger partial charge is 0.251 e. The monoisotopic (exact) mass is 322 g/mol. The van der Waals surface area contributed by atoms with Gasteiger partial charge in [-0.2, -0.15) is 11.8 Å². The second-order valence-corrected chi connectivity index (χ2v) is 5.79. The maximum absolute atomic E-state index is 12.0. The first-order chi connectivity index (χ1) is 10.7. The summed E-state index contributed by atoms with van der Waals surface area (Å²) in [6, 6.07) is 7.65. The highest BCUT2D eigenvalue weighted by Crippen LogP contribution is 2.05. The molecule has 3 N–H and O–H groups in total. The number of rotatable bonds is 8. The Kier molecular flexibility index (Phi) is 9.14. The van der Waals surface area contributed by atoms with Gasteiger partial charge in [-0.25, -0.2) is 0 Å². The SMILES string of the molecule is CCCNC(=O)c1cccc(CNC(=NC)NCCSC)c1. The summed E-state index contributed by atoms with van der Waals surface area (Å²) in [5.41, 5.74) is 1.75. The first kappa shape index (κ1) is 18.4. The summed E-state index contributed by atoms with van der Waals surface area (Å²) in [7, 11) is 1.75. The van der Waals surface area contributed by atoms with E-state index in [0.29, 0.717) is 18.7 Å². The maximum Gasteiger partial charge on any atom is 0.251 e. The molecular formula is C16H26N4OS. The molecule has 0 unspecified atom stereocenters. The number of amides is 1. The molecular weight excluding hydrogens is 296 g/mol. The maximum atomic E-state index is 12.0. The zero-order chi connectivity index (χ0) is 16.2. The van der Waals surface area contributed by atoms with Gasteiger partial charge in [-0.1, -0.05) is 19.1 Å². The van der Waals surface area contributed by atoms with Crippen molar-refractivity contribution in [3.05, 3.63) is 35.4 Å². The molecule has 0 radical (unpaired) electrons. The van der Waals surface area contributed by atoms with Gasteiger partial charge < -0.3 is 16.0 Å². The number of hydrogen-bond acceptors (Lipinski definition) is 3. The Morgan fingerprint density at radius 1 is 1.23 bits per heavy atom. The molecule has 0 aliphatic heterocycles. The van der Waals surface area contributed by atoms with Crippen LogP contribution in [-0.2, 0) is 6.54 Å². The summed E-state index contributed by atoms with van der Waals surface area (Å²) in [5, 5.41) is 9.38. The molecule has 0 aliphatic carbocycles. The third-order valence-electron chi connectivity index (χ3n) is 3.01. The number of hydrogen-bond donors (Lipinski definition) is 3. The van der Waals surface area contributed by atoms with Gasteiger partial charge in [-0.05, 0) is 30.4 Å². The molecule has 0 atom stereocenters. The fraction of sp³-hybridized carbons (Fsp3) is 0.500. The van der Waals surface area contributed by atoms with Gasteiger partial charge in [-0.3, -0.25) is 9.79 Å². The topological polar surface area (TPSA) is 65.5 Å². The Hall–Kier alpha value is -1.69. The third kappa shape index (κ3) is 6.85.